The second-order valence-corrected chi connectivity index (χ2v) is 14.4. The molecule has 0 saturated carbocycles. The molecule has 2 fully saturated rings. The molecule has 0 spiro atoms. The van der Waals surface area contributed by atoms with E-state index in [4.69, 9.17) is 40.6 Å². The predicted octanol–water partition coefficient (Wildman–Crippen LogP) is 0.172. The molecule has 0 aliphatic carbocycles. The number of aliphatic hydroxyl groups excluding tert-OH is 1. The third-order valence-corrected chi connectivity index (χ3v) is 9.44. The second kappa shape index (κ2) is 12.8. The highest BCUT2D eigenvalue weighted by molar-refractivity contribution is 8.39. The van der Waals surface area contributed by atoms with Crippen molar-refractivity contribution in [3.63, 3.8) is 0 Å². The van der Waals surface area contributed by atoms with Crippen LogP contribution in [0.15, 0.2) is 28.4 Å². The quantitative estimate of drug-likeness (QED) is 0.0897. The van der Waals surface area contributed by atoms with E-state index in [9.17, 15) is 24.2 Å². The Morgan fingerprint density at radius 2 is 2.07 bits per heavy atom. The second-order valence-electron chi connectivity index (χ2n) is 9.95. The summed E-state index contributed by atoms with van der Waals surface area (Å²) in [5, 5.41) is 13.5. The number of alkyl halides is 1. The van der Waals surface area contributed by atoms with Crippen molar-refractivity contribution in [2.24, 2.45) is 0 Å². The van der Waals surface area contributed by atoms with Gasteiger partial charge in [0.25, 0.3) is 11.1 Å². The number of anilines is 1. The van der Waals surface area contributed by atoms with Crippen molar-refractivity contribution >= 4 is 60.8 Å². The van der Waals surface area contributed by atoms with E-state index in [0.29, 0.717) is 5.69 Å². The first-order valence-electron chi connectivity index (χ1n) is 13.1. The number of halogens is 1. The van der Waals surface area contributed by atoms with Crippen LogP contribution < -0.4 is 16.9 Å². The van der Waals surface area contributed by atoms with Gasteiger partial charge in [-0.1, -0.05) is 0 Å². The Balaban J connectivity index is 1.21. The fourth-order valence-corrected chi connectivity index (χ4v) is 7.44. The van der Waals surface area contributed by atoms with Gasteiger partial charge in [-0.05, 0) is 22.8 Å². The maximum Gasteiger partial charge on any atom is 0.582 e. The number of nitrogens with zero attached hydrogens (tertiary/aromatic N) is 6. The number of ether oxygens (including phenoxy) is 2. The van der Waals surface area contributed by atoms with Gasteiger partial charge in [-0.2, -0.15) is 10.1 Å². The van der Waals surface area contributed by atoms with Gasteiger partial charge >= 0.3 is 13.9 Å². The highest BCUT2D eigenvalue weighted by Crippen LogP contribution is 2.51. The van der Waals surface area contributed by atoms with Gasteiger partial charge in [0.2, 0.25) is 11.6 Å². The summed E-state index contributed by atoms with van der Waals surface area (Å²) in [7, 11) is -2.39. The van der Waals surface area contributed by atoms with E-state index in [1.807, 2.05) is 0 Å². The lowest BCUT2D eigenvalue weighted by atomic mass is 10.1. The molecule has 45 heavy (non-hydrogen) atoms. The summed E-state index contributed by atoms with van der Waals surface area (Å²) in [6.07, 6.45) is -4.94. The van der Waals surface area contributed by atoms with Crippen LogP contribution in [0.25, 0.3) is 16.8 Å². The Morgan fingerprint density at radius 1 is 1.27 bits per heavy atom. The first kappa shape index (κ1) is 32.2. The number of H-pyrrole nitrogens is 2. The number of hydrogen-bond donors (Lipinski definition) is 6. The van der Waals surface area contributed by atoms with Gasteiger partial charge in [0.1, 0.15) is 43.0 Å². The summed E-state index contributed by atoms with van der Waals surface area (Å²) in [6, 6.07) is 0. The minimum Gasteiger partial charge on any atom is -0.396 e. The molecule has 2 saturated heterocycles. The van der Waals surface area contributed by atoms with Crippen LogP contribution >= 0.6 is 26.2 Å². The molecule has 0 radical (unpaired) electrons. The first-order valence-corrected chi connectivity index (χ1v) is 18.1. The van der Waals surface area contributed by atoms with E-state index in [-0.39, 0.29) is 35.6 Å². The number of thiol groups is 1. The van der Waals surface area contributed by atoms with Crippen molar-refractivity contribution in [1.82, 2.24) is 39.1 Å². The Labute approximate surface area is 261 Å². The summed E-state index contributed by atoms with van der Waals surface area (Å²) >= 11 is 9.03. The third kappa shape index (κ3) is 6.45. The number of fused-ring (bicyclic) bond motifs is 2. The lowest BCUT2D eigenvalue weighted by Crippen LogP contribution is -2.32. The predicted molar refractivity (Wildman–Crippen MR) is 158 cm³/mol. The van der Waals surface area contributed by atoms with Crippen LogP contribution in [0.4, 0.5) is 10.3 Å². The molecule has 0 amide bonds. The van der Waals surface area contributed by atoms with Crippen molar-refractivity contribution in [3.8, 4) is 0 Å². The van der Waals surface area contributed by atoms with Crippen molar-refractivity contribution in [2.75, 3.05) is 18.9 Å². The van der Waals surface area contributed by atoms with E-state index < -0.39 is 81.2 Å². The molecule has 24 heteroatoms. The van der Waals surface area contributed by atoms with Gasteiger partial charge in [-0.25, -0.2) is 18.9 Å². The molecule has 6 heterocycles. The van der Waals surface area contributed by atoms with Gasteiger partial charge < -0.3 is 34.7 Å². The van der Waals surface area contributed by atoms with Gasteiger partial charge in [-0.15, -0.1) is 4.52 Å². The fourth-order valence-electron chi connectivity index (χ4n) is 5.22. The summed E-state index contributed by atoms with van der Waals surface area (Å²) in [5.74, 6) is -0.231. The third-order valence-electron chi connectivity index (χ3n) is 7.15. The summed E-state index contributed by atoms with van der Waals surface area (Å²) in [6.45, 7) is -5.15. The topological polar surface area (TPSA) is 256 Å². The Bertz CT molecular complexity index is 1910. The number of imidazole rings is 2. The molecular weight excluding hydrogens is 683 g/mol. The van der Waals surface area contributed by atoms with Crippen LogP contribution in [-0.4, -0.2) is 92.9 Å². The molecule has 0 aromatic carbocycles. The van der Waals surface area contributed by atoms with Gasteiger partial charge in [-0.3, -0.25) is 23.7 Å². The smallest absolute Gasteiger partial charge is 0.396 e. The lowest BCUT2D eigenvalue weighted by Gasteiger charge is -2.26. The highest BCUT2D eigenvalue weighted by atomic mass is 32.7. The fraction of sp³-hybridized carbons (Fsp3) is 0.524. The van der Waals surface area contributed by atoms with Crippen LogP contribution in [0, 0.1) is 0 Å². The minimum absolute atomic E-state index is 0.0228. The molecular formula is C21H25FN9O10P2S2+. The number of nitrogen functional groups attached to an aromatic ring is 1. The van der Waals surface area contributed by atoms with Gasteiger partial charge in [0, 0.05) is 13.0 Å². The standard InChI is InChI=1S/C21H24FN9O10P2S2/c22-13-9(1-2-32)39-20(30-7-26-14-16(30)28-21(23)29-18(14)33)15(13)41-43(36,45)37-5-12-11(40-42(35)44)3-10(38-12)8-4-24-17-19(34)25-6-27-31(8)17/h4,6-7,9-13,15,20,32H,1-3,5H2,(H5-,23,25,27,28,29,33,34,35,36,44,45)/p+1/t9-,10-,11+,12-,13-,15-,20-,43?/m1/s1. The minimum atomic E-state index is -4.28. The number of aliphatic hydroxyl groups is 1. The van der Waals surface area contributed by atoms with Gasteiger partial charge in [0.15, 0.2) is 23.6 Å². The SMILES string of the molecule is Nc1nc2c(ncn2[C@@H]2O[C@H](CCO)[C@@H](F)[C@H]2OP(O)(=S)OC[C@H]2O[C@@H](c3cnc4c(=O)[nH]cnn34)C[C@@H]2O[P+](=O)S)c(=O)[nH]1. The number of rotatable bonds is 11. The Hall–Kier alpha value is -2.75. The Kier molecular flexibility index (Phi) is 9.16. The van der Waals surface area contributed by atoms with Crippen LogP contribution in [0.5, 0.6) is 0 Å². The molecule has 19 nitrogen and oxygen atoms in total. The van der Waals surface area contributed by atoms with Crippen LogP contribution in [0.1, 0.15) is 30.9 Å². The zero-order valence-electron chi connectivity index (χ0n) is 22.7. The van der Waals surface area contributed by atoms with Crippen LogP contribution in [0.3, 0.4) is 0 Å². The average Bonchev–Trinajstić information content (AvgIpc) is 3.74. The van der Waals surface area contributed by atoms with E-state index in [1.165, 1.54) is 27.9 Å². The van der Waals surface area contributed by atoms with Crippen LogP contribution in [-0.2, 0) is 39.4 Å². The van der Waals surface area contributed by atoms with Crippen LogP contribution in [0.2, 0.25) is 0 Å². The van der Waals surface area contributed by atoms with Crippen molar-refractivity contribution < 1.29 is 42.0 Å². The average molecular weight is 709 g/mol. The lowest BCUT2D eigenvalue weighted by molar-refractivity contribution is -0.0426. The molecule has 0 bridgehead atoms. The monoisotopic (exact) mass is 708 g/mol. The van der Waals surface area contributed by atoms with E-state index in [2.05, 4.69) is 42.3 Å². The number of aromatic amines is 2. The summed E-state index contributed by atoms with van der Waals surface area (Å²) in [4.78, 5) is 52.2. The molecule has 2 aliphatic heterocycles. The maximum absolute atomic E-state index is 15.7. The molecule has 4 aromatic rings. The van der Waals surface area contributed by atoms with E-state index >= 15 is 4.39 Å². The zero-order chi connectivity index (χ0) is 32.0. The molecule has 2 aliphatic rings. The van der Waals surface area contributed by atoms with E-state index in [0.717, 1.165) is 0 Å². The molecule has 4 aromatic heterocycles. The van der Waals surface area contributed by atoms with Crippen molar-refractivity contribution in [1.29, 1.82) is 0 Å². The zero-order valence-corrected chi connectivity index (χ0v) is 26.2. The molecule has 2 unspecified atom stereocenters. The summed E-state index contributed by atoms with van der Waals surface area (Å²) in [5.41, 5.74) is 4.81. The number of nitrogens with two attached hydrogens (primary N) is 1. The highest BCUT2D eigenvalue weighted by Gasteiger charge is 2.50. The molecule has 6 N–H and O–H groups in total. The summed E-state index contributed by atoms with van der Waals surface area (Å²) < 4.78 is 58.4. The van der Waals surface area contributed by atoms with E-state index in [1.54, 1.807) is 0 Å². The molecule has 242 valence electrons. The van der Waals surface area contributed by atoms with Crippen molar-refractivity contribution in [3.05, 3.63) is 45.3 Å². The number of aromatic nitrogens is 8. The van der Waals surface area contributed by atoms with Gasteiger partial charge in [0.05, 0.1) is 30.9 Å². The van der Waals surface area contributed by atoms with Crippen molar-refractivity contribution in [2.45, 2.75) is 55.8 Å². The molecule has 9 atom stereocenters. The number of hydrogen-bond acceptors (Lipinski definition) is 15. The first-order chi connectivity index (χ1) is 21.5. The Morgan fingerprint density at radius 3 is 2.82 bits per heavy atom. The largest absolute Gasteiger partial charge is 0.582 e. The number of nitrogens with one attached hydrogen (secondary N) is 2. The molecule has 6 rings (SSSR count). The normalized spacial score (nSPS) is 28.6. The maximum atomic E-state index is 15.7.